The van der Waals surface area contributed by atoms with Crippen LogP contribution in [0, 0.1) is 0 Å². The predicted molar refractivity (Wildman–Crippen MR) is 119 cm³/mol. The number of rotatable bonds is 4. The molecular formula is C25H31NO4. The Morgan fingerprint density at radius 2 is 1.20 bits per heavy atom. The van der Waals surface area contributed by atoms with E-state index < -0.39 is 29.4 Å². The monoisotopic (exact) mass is 409 g/mol. The van der Waals surface area contributed by atoms with Gasteiger partial charge in [0.05, 0.1) is 6.04 Å². The highest BCUT2D eigenvalue weighted by Crippen LogP contribution is 2.28. The Morgan fingerprint density at radius 1 is 0.767 bits per heavy atom. The number of amides is 2. The summed E-state index contributed by atoms with van der Waals surface area (Å²) < 4.78 is 11.1. The van der Waals surface area contributed by atoms with Crippen LogP contribution in [0.2, 0.25) is 0 Å². The van der Waals surface area contributed by atoms with Crippen molar-refractivity contribution in [2.75, 3.05) is 0 Å². The standard InChI is InChI=1S/C25H31NO4/c1-24(2,3)29-22(27)26(23(28)30-25(4,5)6)21(20-15-11-8-12-16-20)18-17-19-13-9-7-10-14-19/h7-18,21H,1-6H3/b18-17+. The minimum absolute atomic E-state index is 0.698. The number of hydrogen-bond donors (Lipinski definition) is 0. The topological polar surface area (TPSA) is 55.8 Å². The van der Waals surface area contributed by atoms with Crippen LogP contribution in [0.4, 0.5) is 9.59 Å². The van der Waals surface area contributed by atoms with Crippen LogP contribution in [-0.4, -0.2) is 28.3 Å². The van der Waals surface area contributed by atoms with Gasteiger partial charge in [0, 0.05) is 0 Å². The molecule has 0 bridgehead atoms. The summed E-state index contributed by atoms with van der Waals surface area (Å²) in [6.07, 6.45) is 2.16. The molecular weight excluding hydrogens is 378 g/mol. The van der Waals surface area contributed by atoms with Gasteiger partial charge in [0.2, 0.25) is 0 Å². The van der Waals surface area contributed by atoms with Gasteiger partial charge in [-0.2, -0.15) is 0 Å². The summed E-state index contributed by atoms with van der Waals surface area (Å²) in [5.41, 5.74) is 0.192. The minimum atomic E-state index is -0.762. The van der Waals surface area contributed by atoms with Gasteiger partial charge < -0.3 is 9.47 Å². The van der Waals surface area contributed by atoms with Crippen LogP contribution in [0.15, 0.2) is 66.7 Å². The molecule has 0 heterocycles. The summed E-state index contributed by atoms with van der Waals surface area (Å²) in [5.74, 6) is 0. The molecule has 0 aliphatic heterocycles. The van der Waals surface area contributed by atoms with Crippen LogP contribution < -0.4 is 0 Å². The van der Waals surface area contributed by atoms with Crippen molar-refractivity contribution >= 4 is 18.3 Å². The van der Waals surface area contributed by atoms with Crippen LogP contribution in [0.1, 0.15) is 58.7 Å². The quantitative estimate of drug-likeness (QED) is 0.570. The molecule has 0 radical (unpaired) electrons. The van der Waals surface area contributed by atoms with Crippen LogP contribution in [0.5, 0.6) is 0 Å². The first-order valence-electron chi connectivity index (χ1n) is 10.00. The first-order valence-corrected chi connectivity index (χ1v) is 10.00. The van der Waals surface area contributed by atoms with Crippen molar-refractivity contribution in [3.05, 3.63) is 77.9 Å². The zero-order valence-corrected chi connectivity index (χ0v) is 18.6. The van der Waals surface area contributed by atoms with Crippen LogP contribution in [0.25, 0.3) is 6.08 Å². The zero-order chi connectivity index (χ0) is 22.4. The number of benzene rings is 2. The molecule has 2 rings (SSSR count). The zero-order valence-electron chi connectivity index (χ0n) is 18.6. The van der Waals surface area contributed by atoms with Crippen LogP contribution in [0.3, 0.4) is 0 Å². The van der Waals surface area contributed by atoms with Crippen molar-refractivity contribution in [1.82, 2.24) is 4.90 Å². The number of carbonyl (C=O) groups excluding carboxylic acids is 2. The third-order valence-electron chi connectivity index (χ3n) is 3.87. The lowest BCUT2D eigenvalue weighted by molar-refractivity contribution is -0.00382. The maximum Gasteiger partial charge on any atom is 0.420 e. The molecule has 0 fully saturated rings. The first-order chi connectivity index (χ1) is 14.0. The Kier molecular flexibility index (Phi) is 7.43. The molecule has 1 atom stereocenters. The Bertz CT molecular complexity index is 834. The van der Waals surface area contributed by atoms with E-state index in [2.05, 4.69) is 0 Å². The summed E-state index contributed by atoms with van der Waals surface area (Å²) in [6, 6.07) is 18.3. The van der Waals surface area contributed by atoms with Crippen LogP contribution >= 0.6 is 0 Å². The lowest BCUT2D eigenvalue weighted by Crippen LogP contribution is -2.45. The average Bonchev–Trinajstić information content (AvgIpc) is 2.63. The maximum absolute atomic E-state index is 13.1. The third-order valence-corrected chi connectivity index (χ3v) is 3.87. The van der Waals surface area contributed by atoms with E-state index in [4.69, 9.17) is 9.47 Å². The van der Waals surface area contributed by atoms with Gasteiger partial charge in [-0.3, -0.25) is 0 Å². The predicted octanol–water partition coefficient (Wildman–Crippen LogP) is 6.61. The molecule has 2 aromatic rings. The summed E-state index contributed by atoms with van der Waals surface area (Å²) in [4.78, 5) is 27.2. The van der Waals surface area contributed by atoms with Gasteiger partial charge in [-0.05, 0) is 52.7 Å². The Balaban J connectivity index is 2.51. The van der Waals surface area contributed by atoms with Gasteiger partial charge in [0.25, 0.3) is 0 Å². The molecule has 0 spiro atoms. The van der Waals surface area contributed by atoms with E-state index in [1.54, 1.807) is 47.6 Å². The Labute approximate surface area is 179 Å². The number of imide groups is 1. The summed E-state index contributed by atoms with van der Waals surface area (Å²) >= 11 is 0. The van der Waals surface area contributed by atoms with Gasteiger partial charge in [-0.15, -0.1) is 0 Å². The second kappa shape index (κ2) is 9.61. The molecule has 160 valence electrons. The van der Waals surface area contributed by atoms with E-state index in [1.165, 1.54) is 0 Å². The van der Waals surface area contributed by atoms with Crippen molar-refractivity contribution in [1.29, 1.82) is 0 Å². The van der Waals surface area contributed by atoms with E-state index in [0.717, 1.165) is 16.0 Å². The number of ether oxygens (including phenoxy) is 2. The number of carbonyl (C=O) groups is 2. The van der Waals surface area contributed by atoms with Crippen molar-refractivity contribution in [2.45, 2.75) is 58.8 Å². The second-order valence-electron chi connectivity index (χ2n) is 8.96. The van der Waals surface area contributed by atoms with Gasteiger partial charge in [-0.1, -0.05) is 72.8 Å². The molecule has 30 heavy (non-hydrogen) atoms. The Morgan fingerprint density at radius 3 is 1.63 bits per heavy atom. The molecule has 0 N–H and O–H groups in total. The van der Waals surface area contributed by atoms with E-state index >= 15 is 0 Å². The lowest BCUT2D eigenvalue weighted by atomic mass is 10.0. The summed E-state index contributed by atoms with van der Waals surface area (Å²) in [6.45, 7) is 10.6. The molecule has 1 unspecified atom stereocenters. The van der Waals surface area contributed by atoms with Gasteiger partial charge in [0.15, 0.2) is 0 Å². The minimum Gasteiger partial charge on any atom is -0.443 e. The summed E-state index contributed by atoms with van der Waals surface area (Å²) in [7, 11) is 0. The van der Waals surface area contributed by atoms with Gasteiger partial charge in [-0.25, -0.2) is 14.5 Å². The molecule has 5 heteroatoms. The van der Waals surface area contributed by atoms with E-state index in [-0.39, 0.29) is 0 Å². The molecule has 2 amide bonds. The molecule has 0 saturated carbocycles. The van der Waals surface area contributed by atoms with Crippen molar-refractivity contribution in [3.63, 3.8) is 0 Å². The normalized spacial score (nSPS) is 13.0. The highest BCUT2D eigenvalue weighted by Gasteiger charge is 2.36. The SMILES string of the molecule is CC(C)(C)OC(=O)N(C(=O)OC(C)(C)C)C(/C=C/c1ccccc1)c1ccccc1. The van der Waals surface area contributed by atoms with Gasteiger partial charge >= 0.3 is 12.2 Å². The largest absolute Gasteiger partial charge is 0.443 e. The van der Waals surface area contributed by atoms with Crippen LogP contribution in [-0.2, 0) is 9.47 Å². The fourth-order valence-corrected chi connectivity index (χ4v) is 2.69. The molecule has 0 aliphatic rings. The fraction of sp³-hybridized carbons (Fsp3) is 0.360. The maximum atomic E-state index is 13.1. The highest BCUT2D eigenvalue weighted by atomic mass is 16.6. The Hall–Kier alpha value is -3.08. The fourth-order valence-electron chi connectivity index (χ4n) is 2.69. The highest BCUT2D eigenvalue weighted by molar-refractivity contribution is 5.89. The molecule has 0 aliphatic carbocycles. The third kappa shape index (κ3) is 7.39. The van der Waals surface area contributed by atoms with Gasteiger partial charge in [0.1, 0.15) is 11.2 Å². The van der Waals surface area contributed by atoms with Crippen molar-refractivity contribution < 1.29 is 19.1 Å². The number of hydrogen-bond acceptors (Lipinski definition) is 4. The van der Waals surface area contributed by atoms with E-state index in [9.17, 15) is 9.59 Å². The molecule has 0 aromatic heterocycles. The lowest BCUT2D eigenvalue weighted by Gasteiger charge is -2.32. The van der Waals surface area contributed by atoms with E-state index in [1.807, 2.05) is 66.7 Å². The molecule has 5 nitrogen and oxygen atoms in total. The second-order valence-corrected chi connectivity index (χ2v) is 8.96. The van der Waals surface area contributed by atoms with E-state index in [0.29, 0.717) is 0 Å². The van der Waals surface area contributed by atoms with Crippen molar-refractivity contribution in [3.8, 4) is 0 Å². The summed E-state index contributed by atoms with van der Waals surface area (Å²) in [5, 5.41) is 0. The molecule has 2 aromatic carbocycles. The first kappa shape index (κ1) is 23.2. The average molecular weight is 410 g/mol. The van der Waals surface area contributed by atoms with Crippen molar-refractivity contribution in [2.24, 2.45) is 0 Å². The smallest absolute Gasteiger partial charge is 0.420 e. The number of nitrogens with zero attached hydrogens (tertiary/aromatic N) is 1. The molecule has 0 saturated heterocycles.